The monoisotopic (exact) mass is 282 g/mol. The molecule has 1 N–H and O–H groups in total. The third-order valence-corrected chi connectivity index (χ3v) is 3.91. The van der Waals surface area contributed by atoms with Gasteiger partial charge in [0.25, 0.3) is 0 Å². The highest BCUT2D eigenvalue weighted by atomic mass is 16.4. The number of hydrogen-bond donors (Lipinski definition) is 1. The van der Waals surface area contributed by atoms with Crippen LogP contribution in [-0.2, 0) is 24.1 Å². The lowest BCUT2D eigenvalue weighted by molar-refractivity contribution is -0.136. The van der Waals surface area contributed by atoms with E-state index >= 15 is 0 Å². The van der Waals surface area contributed by atoms with Crippen LogP contribution in [0.1, 0.15) is 36.1 Å². The molecule has 0 unspecified atom stereocenters. The standard InChI is InChI=1S/C19H22O2/c1-4-14-10-17(16-8-6-13(3)7-9-16)11-15(5-2)18(14)12-19(20)21/h6-11H,4-5,12H2,1-3H3,(H,20,21). The van der Waals surface area contributed by atoms with Crippen LogP contribution in [0.2, 0.25) is 0 Å². The third-order valence-electron chi connectivity index (χ3n) is 3.91. The average Bonchev–Trinajstić information content (AvgIpc) is 2.47. The quantitative estimate of drug-likeness (QED) is 0.881. The zero-order valence-electron chi connectivity index (χ0n) is 12.9. The summed E-state index contributed by atoms with van der Waals surface area (Å²) in [4.78, 5) is 11.1. The van der Waals surface area contributed by atoms with Crippen molar-refractivity contribution in [1.29, 1.82) is 0 Å². The van der Waals surface area contributed by atoms with E-state index in [4.69, 9.17) is 5.11 Å². The molecule has 0 aliphatic carbocycles. The van der Waals surface area contributed by atoms with Crippen molar-refractivity contribution in [2.45, 2.75) is 40.0 Å². The molecule has 0 bridgehead atoms. The van der Waals surface area contributed by atoms with E-state index in [1.807, 2.05) is 0 Å². The zero-order chi connectivity index (χ0) is 15.4. The van der Waals surface area contributed by atoms with Crippen molar-refractivity contribution < 1.29 is 9.90 Å². The first-order valence-electron chi connectivity index (χ1n) is 7.48. The maximum absolute atomic E-state index is 11.1. The number of rotatable bonds is 5. The maximum atomic E-state index is 11.1. The van der Waals surface area contributed by atoms with Crippen LogP contribution in [0.15, 0.2) is 36.4 Å². The molecule has 0 aromatic heterocycles. The molecule has 0 saturated carbocycles. The van der Waals surface area contributed by atoms with Crippen LogP contribution in [0.25, 0.3) is 11.1 Å². The summed E-state index contributed by atoms with van der Waals surface area (Å²) in [5.41, 5.74) is 6.89. The second kappa shape index (κ2) is 6.57. The zero-order valence-corrected chi connectivity index (χ0v) is 12.9. The number of benzene rings is 2. The summed E-state index contributed by atoms with van der Waals surface area (Å²) in [6.07, 6.45) is 1.82. The predicted molar refractivity (Wildman–Crippen MR) is 86.7 cm³/mol. The summed E-state index contributed by atoms with van der Waals surface area (Å²) in [5, 5.41) is 9.12. The molecule has 0 spiro atoms. The normalized spacial score (nSPS) is 10.6. The Morgan fingerprint density at radius 1 is 0.952 bits per heavy atom. The smallest absolute Gasteiger partial charge is 0.307 e. The van der Waals surface area contributed by atoms with Gasteiger partial charge in [0.1, 0.15) is 0 Å². The van der Waals surface area contributed by atoms with Gasteiger partial charge in [0, 0.05) is 0 Å². The molecule has 0 fully saturated rings. The molecule has 2 aromatic carbocycles. The molecule has 2 nitrogen and oxygen atoms in total. The highest BCUT2D eigenvalue weighted by Crippen LogP contribution is 2.27. The fraction of sp³-hybridized carbons (Fsp3) is 0.316. The minimum absolute atomic E-state index is 0.112. The van der Waals surface area contributed by atoms with Gasteiger partial charge < -0.3 is 5.11 Å². The second-order valence-electron chi connectivity index (χ2n) is 5.42. The molecule has 21 heavy (non-hydrogen) atoms. The van der Waals surface area contributed by atoms with Crippen LogP contribution in [-0.4, -0.2) is 11.1 Å². The van der Waals surface area contributed by atoms with Gasteiger partial charge in [-0.15, -0.1) is 0 Å². The molecule has 0 heterocycles. The van der Waals surface area contributed by atoms with Gasteiger partial charge in [0.15, 0.2) is 0 Å². The number of hydrogen-bond acceptors (Lipinski definition) is 1. The Balaban J connectivity index is 2.54. The van der Waals surface area contributed by atoms with Gasteiger partial charge in [-0.2, -0.15) is 0 Å². The van der Waals surface area contributed by atoms with Crippen LogP contribution < -0.4 is 0 Å². The minimum atomic E-state index is -0.762. The Labute approximate surface area is 126 Å². The first-order chi connectivity index (χ1) is 10.0. The first-order valence-corrected chi connectivity index (χ1v) is 7.48. The Morgan fingerprint density at radius 2 is 1.48 bits per heavy atom. The maximum Gasteiger partial charge on any atom is 0.307 e. The first kappa shape index (κ1) is 15.3. The lowest BCUT2D eigenvalue weighted by Crippen LogP contribution is -2.07. The topological polar surface area (TPSA) is 37.3 Å². The summed E-state index contributed by atoms with van der Waals surface area (Å²) in [5.74, 6) is -0.762. The lowest BCUT2D eigenvalue weighted by Gasteiger charge is -2.15. The summed E-state index contributed by atoms with van der Waals surface area (Å²) in [7, 11) is 0. The van der Waals surface area contributed by atoms with Crippen molar-refractivity contribution in [3.63, 3.8) is 0 Å². The Morgan fingerprint density at radius 3 is 1.90 bits per heavy atom. The van der Waals surface area contributed by atoms with Crippen molar-refractivity contribution in [2.24, 2.45) is 0 Å². The third kappa shape index (κ3) is 3.52. The van der Waals surface area contributed by atoms with Gasteiger partial charge in [0.2, 0.25) is 0 Å². The van der Waals surface area contributed by atoms with Gasteiger partial charge in [-0.05, 0) is 47.6 Å². The number of carbonyl (C=O) groups is 1. The fourth-order valence-electron chi connectivity index (χ4n) is 2.72. The lowest BCUT2D eigenvalue weighted by atomic mass is 9.90. The van der Waals surface area contributed by atoms with Crippen molar-refractivity contribution in [3.8, 4) is 11.1 Å². The van der Waals surface area contributed by atoms with Gasteiger partial charge in [-0.1, -0.05) is 55.8 Å². The van der Waals surface area contributed by atoms with Crippen LogP contribution in [0.5, 0.6) is 0 Å². The predicted octanol–water partition coefficient (Wildman–Crippen LogP) is 4.41. The van der Waals surface area contributed by atoms with Crippen LogP contribution in [0.4, 0.5) is 0 Å². The van der Waals surface area contributed by atoms with Crippen LogP contribution in [0.3, 0.4) is 0 Å². The minimum Gasteiger partial charge on any atom is -0.481 e. The van der Waals surface area contributed by atoms with E-state index in [2.05, 4.69) is 57.2 Å². The van der Waals surface area contributed by atoms with E-state index in [-0.39, 0.29) is 6.42 Å². The molecular formula is C19H22O2. The Bertz CT molecular complexity index is 614. The highest BCUT2D eigenvalue weighted by Gasteiger charge is 2.13. The number of carboxylic acids is 1. The van der Waals surface area contributed by atoms with Crippen molar-refractivity contribution in [2.75, 3.05) is 0 Å². The molecule has 2 aromatic rings. The Hall–Kier alpha value is -2.09. The van der Waals surface area contributed by atoms with Gasteiger partial charge in [0.05, 0.1) is 6.42 Å². The summed E-state index contributed by atoms with van der Waals surface area (Å²) in [6.45, 7) is 6.24. The molecule has 2 heteroatoms. The van der Waals surface area contributed by atoms with Crippen LogP contribution >= 0.6 is 0 Å². The SMILES string of the molecule is CCc1cc(-c2ccc(C)cc2)cc(CC)c1CC(=O)O. The van der Waals surface area contributed by atoms with E-state index < -0.39 is 5.97 Å². The molecule has 0 saturated heterocycles. The molecule has 0 aliphatic rings. The summed E-state index contributed by atoms with van der Waals surface area (Å²) >= 11 is 0. The number of aliphatic carboxylic acids is 1. The molecule has 0 amide bonds. The average molecular weight is 282 g/mol. The number of carboxylic acid groups (broad SMARTS) is 1. The van der Waals surface area contributed by atoms with E-state index in [9.17, 15) is 4.79 Å². The van der Waals surface area contributed by atoms with Crippen LogP contribution in [0, 0.1) is 6.92 Å². The largest absolute Gasteiger partial charge is 0.481 e. The van der Waals surface area contributed by atoms with Gasteiger partial charge in [-0.25, -0.2) is 0 Å². The molecule has 0 radical (unpaired) electrons. The second-order valence-corrected chi connectivity index (χ2v) is 5.42. The van der Waals surface area contributed by atoms with Gasteiger partial charge in [-0.3, -0.25) is 4.79 Å². The summed E-state index contributed by atoms with van der Waals surface area (Å²) in [6, 6.07) is 12.8. The Kier molecular flexibility index (Phi) is 4.79. The van der Waals surface area contributed by atoms with Crippen molar-refractivity contribution >= 4 is 5.97 Å². The van der Waals surface area contributed by atoms with E-state index in [0.29, 0.717) is 0 Å². The fourth-order valence-corrected chi connectivity index (χ4v) is 2.72. The van der Waals surface area contributed by atoms with Crippen molar-refractivity contribution in [3.05, 3.63) is 58.7 Å². The van der Waals surface area contributed by atoms with E-state index in [1.165, 1.54) is 16.7 Å². The summed E-state index contributed by atoms with van der Waals surface area (Å²) < 4.78 is 0. The van der Waals surface area contributed by atoms with Gasteiger partial charge >= 0.3 is 5.97 Å². The molecule has 0 atom stereocenters. The van der Waals surface area contributed by atoms with Crippen molar-refractivity contribution in [1.82, 2.24) is 0 Å². The highest BCUT2D eigenvalue weighted by molar-refractivity contribution is 5.74. The van der Waals surface area contributed by atoms with E-state index in [0.717, 1.165) is 29.5 Å². The molecular weight excluding hydrogens is 260 g/mol. The molecule has 2 rings (SSSR count). The molecule has 110 valence electrons. The van der Waals surface area contributed by atoms with E-state index in [1.54, 1.807) is 0 Å². The number of aryl methyl sites for hydroxylation is 3. The molecule has 0 aliphatic heterocycles.